The summed E-state index contributed by atoms with van der Waals surface area (Å²) in [5, 5.41) is 0.931. The monoisotopic (exact) mass is 369 g/mol. The molecule has 3 aromatic rings. The topological polar surface area (TPSA) is 80.0 Å². The maximum Gasteiger partial charge on any atom is 0.143 e. The highest BCUT2D eigenvalue weighted by Crippen LogP contribution is 2.46. The summed E-state index contributed by atoms with van der Waals surface area (Å²) >= 11 is 0. The van der Waals surface area contributed by atoms with Crippen LogP contribution >= 0.6 is 0 Å². The first-order valence-electron chi connectivity index (χ1n) is 9.75. The fourth-order valence-electron chi connectivity index (χ4n) is 4.54. The first-order valence-corrected chi connectivity index (χ1v) is 9.75. The van der Waals surface area contributed by atoms with Gasteiger partial charge in [0.25, 0.3) is 0 Å². The quantitative estimate of drug-likeness (QED) is 0.699. The van der Waals surface area contributed by atoms with Crippen molar-refractivity contribution >= 4 is 22.6 Å². The molecule has 3 N–H and O–H groups in total. The molecule has 0 radical (unpaired) electrons. The van der Waals surface area contributed by atoms with Crippen LogP contribution < -0.4 is 5.73 Å². The third-order valence-corrected chi connectivity index (χ3v) is 6.32. The maximum absolute atomic E-state index is 6.19. The number of aliphatic imine (C=N–C) groups is 1. The SMILES string of the molecule is CC1C2C=CC(c3ccccc3)=NC2=CC(c2c[nH]c3ncnc(N)c23)C1C. The fourth-order valence-corrected chi connectivity index (χ4v) is 4.54. The molecule has 2 aromatic heterocycles. The van der Waals surface area contributed by atoms with Crippen LogP contribution in [-0.4, -0.2) is 20.7 Å². The molecule has 4 unspecified atom stereocenters. The Kier molecular flexibility index (Phi) is 3.90. The Hall–Kier alpha value is -3.21. The van der Waals surface area contributed by atoms with E-state index in [2.05, 4.69) is 71.3 Å². The van der Waals surface area contributed by atoms with Gasteiger partial charge in [-0.25, -0.2) is 9.97 Å². The molecule has 5 nitrogen and oxygen atoms in total. The minimum atomic E-state index is 0.218. The Morgan fingerprint density at radius 2 is 1.79 bits per heavy atom. The lowest BCUT2D eigenvalue weighted by Gasteiger charge is -2.38. The van der Waals surface area contributed by atoms with Crippen molar-refractivity contribution in [2.45, 2.75) is 19.8 Å². The van der Waals surface area contributed by atoms with Crippen molar-refractivity contribution in [3.8, 4) is 0 Å². The van der Waals surface area contributed by atoms with Crippen LogP contribution in [0.2, 0.25) is 0 Å². The average Bonchev–Trinajstić information content (AvgIpc) is 3.16. The lowest BCUT2D eigenvalue weighted by Crippen LogP contribution is -2.30. The minimum Gasteiger partial charge on any atom is -0.383 e. The highest BCUT2D eigenvalue weighted by Gasteiger charge is 2.37. The molecule has 5 heteroatoms. The van der Waals surface area contributed by atoms with Crippen LogP contribution in [0.1, 0.15) is 30.9 Å². The summed E-state index contributed by atoms with van der Waals surface area (Å²) < 4.78 is 0. The lowest BCUT2D eigenvalue weighted by molar-refractivity contribution is 0.285. The van der Waals surface area contributed by atoms with E-state index in [4.69, 9.17) is 10.7 Å². The summed E-state index contributed by atoms with van der Waals surface area (Å²) in [7, 11) is 0. The van der Waals surface area contributed by atoms with Gasteiger partial charge in [0.05, 0.1) is 11.1 Å². The zero-order valence-corrected chi connectivity index (χ0v) is 16.0. The number of nitrogens with one attached hydrogen (secondary N) is 1. The molecule has 4 atom stereocenters. The van der Waals surface area contributed by atoms with Gasteiger partial charge in [-0.3, -0.25) is 4.99 Å². The average molecular weight is 369 g/mol. The number of aromatic amines is 1. The molecule has 1 aliphatic carbocycles. The van der Waals surface area contributed by atoms with Crippen molar-refractivity contribution in [1.29, 1.82) is 0 Å². The number of benzene rings is 1. The Labute approximate surface area is 164 Å². The number of rotatable bonds is 2. The van der Waals surface area contributed by atoms with Gasteiger partial charge in [-0.1, -0.05) is 56.3 Å². The van der Waals surface area contributed by atoms with Crippen LogP contribution in [0.4, 0.5) is 5.82 Å². The van der Waals surface area contributed by atoms with E-state index < -0.39 is 0 Å². The maximum atomic E-state index is 6.19. The molecule has 0 bridgehead atoms. The summed E-state index contributed by atoms with van der Waals surface area (Å²) in [6, 6.07) is 10.3. The van der Waals surface area contributed by atoms with Crippen LogP contribution in [0, 0.1) is 17.8 Å². The molecule has 1 aromatic carbocycles. The van der Waals surface area contributed by atoms with Crippen molar-refractivity contribution < 1.29 is 0 Å². The van der Waals surface area contributed by atoms with Crippen molar-refractivity contribution in [3.05, 3.63) is 77.9 Å². The largest absolute Gasteiger partial charge is 0.383 e. The second-order valence-corrected chi connectivity index (χ2v) is 7.81. The Morgan fingerprint density at radius 1 is 1.00 bits per heavy atom. The standard InChI is InChI=1S/C23H23N5/c1-13-14(2)17(18-11-25-23-21(18)22(24)26-12-27-23)10-20-16(13)8-9-19(28-20)15-6-4-3-5-7-15/h3-14,16-17H,1-2H3,(H3,24,25,26,27). The number of allylic oxidation sites excluding steroid dienone is 3. The lowest BCUT2D eigenvalue weighted by atomic mass is 9.68. The van der Waals surface area contributed by atoms with Gasteiger partial charge in [-0.15, -0.1) is 0 Å². The van der Waals surface area contributed by atoms with E-state index in [0.29, 0.717) is 23.6 Å². The van der Waals surface area contributed by atoms with Crippen LogP contribution in [0.3, 0.4) is 0 Å². The smallest absolute Gasteiger partial charge is 0.143 e. The zero-order chi connectivity index (χ0) is 19.3. The molecule has 140 valence electrons. The van der Waals surface area contributed by atoms with E-state index in [1.165, 1.54) is 6.33 Å². The molecule has 1 aliphatic heterocycles. The molecule has 5 rings (SSSR count). The number of fused-ring (bicyclic) bond motifs is 2. The van der Waals surface area contributed by atoms with E-state index in [1.807, 2.05) is 12.3 Å². The number of hydrogen-bond donors (Lipinski definition) is 2. The number of nitrogen functional groups attached to an aromatic ring is 1. The molecule has 2 aliphatic rings. The second kappa shape index (κ2) is 6.44. The van der Waals surface area contributed by atoms with E-state index in [-0.39, 0.29) is 5.92 Å². The van der Waals surface area contributed by atoms with Gasteiger partial charge < -0.3 is 10.7 Å². The summed E-state index contributed by atoms with van der Waals surface area (Å²) in [5.74, 6) is 2.01. The first kappa shape index (κ1) is 16.9. The van der Waals surface area contributed by atoms with Crippen molar-refractivity contribution in [1.82, 2.24) is 15.0 Å². The summed E-state index contributed by atoms with van der Waals surface area (Å²) in [6.07, 6.45) is 10.3. The van der Waals surface area contributed by atoms with Gasteiger partial charge in [0.1, 0.15) is 17.8 Å². The Bertz CT molecular complexity index is 1120. The predicted molar refractivity (Wildman–Crippen MR) is 113 cm³/mol. The van der Waals surface area contributed by atoms with Gasteiger partial charge in [0.2, 0.25) is 0 Å². The predicted octanol–water partition coefficient (Wildman–Crippen LogP) is 4.47. The molecule has 0 saturated carbocycles. The van der Waals surface area contributed by atoms with Gasteiger partial charge in [0.15, 0.2) is 0 Å². The highest BCUT2D eigenvalue weighted by atomic mass is 15.0. The van der Waals surface area contributed by atoms with Gasteiger partial charge in [-0.2, -0.15) is 0 Å². The molecule has 0 amide bonds. The molecule has 0 saturated heterocycles. The van der Waals surface area contributed by atoms with Gasteiger partial charge in [-0.05, 0) is 23.5 Å². The first-order chi connectivity index (χ1) is 13.6. The van der Waals surface area contributed by atoms with Crippen molar-refractivity contribution in [2.24, 2.45) is 22.7 Å². The normalized spacial score (nSPS) is 26.6. The van der Waals surface area contributed by atoms with Crippen LogP contribution in [0.15, 0.2) is 71.8 Å². The van der Waals surface area contributed by atoms with Gasteiger partial charge >= 0.3 is 0 Å². The van der Waals surface area contributed by atoms with E-state index in [1.54, 1.807) is 0 Å². The Morgan fingerprint density at radius 3 is 2.61 bits per heavy atom. The zero-order valence-electron chi connectivity index (χ0n) is 16.0. The molecule has 3 heterocycles. The number of dihydropyridines is 1. The molecular weight excluding hydrogens is 346 g/mol. The second-order valence-electron chi connectivity index (χ2n) is 7.81. The highest BCUT2D eigenvalue weighted by molar-refractivity contribution is 6.09. The van der Waals surface area contributed by atoms with Crippen LogP contribution in [-0.2, 0) is 0 Å². The minimum absolute atomic E-state index is 0.218. The molecular formula is C23H23N5. The number of hydrogen-bond acceptors (Lipinski definition) is 4. The third-order valence-electron chi connectivity index (χ3n) is 6.32. The van der Waals surface area contributed by atoms with Crippen LogP contribution in [0.5, 0.6) is 0 Å². The van der Waals surface area contributed by atoms with Crippen LogP contribution in [0.25, 0.3) is 11.0 Å². The Balaban J connectivity index is 1.62. The number of aromatic nitrogens is 3. The number of nitrogens with zero attached hydrogens (tertiary/aromatic N) is 3. The number of H-pyrrole nitrogens is 1. The molecule has 0 spiro atoms. The van der Waals surface area contributed by atoms with Crippen molar-refractivity contribution in [2.75, 3.05) is 5.73 Å². The molecule has 28 heavy (non-hydrogen) atoms. The summed E-state index contributed by atoms with van der Waals surface area (Å²) in [4.78, 5) is 16.8. The third kappa shape index (κ3) is 2.58. The van der Waals surface area contributed by atoms with Gasteiger partial charge in [0, 0.05) is 29.3 Å². The van der Waals surface area contributed by atoms with E-state index in [9.17, 15) is 0 Å². The van der Waals surface area contributed by atoms with E-state index in [0.717, 1.165) is 33.6 Å². The van der Waals surface area contributed by atoms with E-state index >= 15 is 0 Å². The summed E-state index contributed by atoms with van der Waals surface area (Å²) in [6.45, 7) is 4.63. The van der Waals surface area contributed by atoms with Crippen molar-refractivity contribution in [3.63, 3.8) is 0 Å². The summed E-state index contributed by atoms with van der Waals surface area (Å²) in [5.41, 5.74) is 11.4. The number of nitrogens with two attached hydrogens (primary N) is 1. The fraction of sp³-hybridized carbons (Fsp3) is 0.261. The number of anilines is 1. The molecule has 0 fully saturated rings.